The summed E-state index contributed by atoms with van der Waals surface area (Å²) in [6.07, 6.45) is 0. The third kappa shape index (κ3) is 12.3. The van der Waals surface area contributed by atoms with Gasteiger partial charge in [0.25, 0.3) is 8.60 Å². The van der Waals surface area contributed by atoms with Crippen molar-refractivity contribution in [1.82, 2.24) is 0 Å². The minimum absolute atomic E-state index is 0.579. The monoisotopic (exact) mass is 358 g/mol. The van der Waals surface area contributed by atoms with E-state index in [-0.39, 0.29) is 0 Å². The van der Waals surface area contributed by atoms with Gasteiger partial charge in [-0.05, 0) is 18.1 Å². The first kappa shape index (κ1) is 17.8. The highest BCUT2D eigenvalue weighted by molar-refractivity contribution is 7.45. The molecule has 0 N–H and O–H groups in total. The molecular weight excluding hydrogens is 342 g/mol. The van der Waals surface area contributed by atoms with Crippen LogP contribution >= 0.6 is 43.4 Å². The predicted octanol–water partition coefficient (Wildman–Crippen LogP) is 1.49. The SMILES string of the molecule is ClCC[SiH2]OP(O[SiH2]CCCl)O[SiH2]CCCl. The van der Waals surface area contributed by atoms with Gasteiger partial charge in [0.05, 0.1) is 0 Å². The summed E-state index contributed by atoms with van der Waals surface area (Å²) in [6.45, 7) is 0. The Morgan fingerprint density at radius 1 is 0.688 bits per heavy atom. The molecule has 0 spiro atoms. The zero-order valence-electron chi connectivity index (χ0n) is 9.17. The summed E-state index contributed by atoms with van der Waals surface area (Å²) in [4.78, 5) is 0. The number of hydrogen-bond donors (Lipinski definition) is 0. The fraction of sp³-hybridized carbons (Fsp3) is 1.00. The van der Waals surface area contributed by atoms with Gasteiger partial charge in [-0.15, -0.1) is 34.8 Å². The van der Waals surface area contributed by atoms with Crippen LogP contribution in [0.2, 0.25) is 18.1 Å². The molecule has 0 aromatic heterocycles. The van der Waals surface area contributed by atoms with Crippen LogP contribution in [0.1, 0.15) is 0 Å². The molecule has 0 aliphatic carbocycles. The first-order chi connectivity index (χ1) is 7.85. The quantitative estimate of drug-likeness (QED) is 0.229. The fourth-order valence-electron chi connectivity index (χ4n) is 0.693. The Kier molecular flexibility index (Phi) is 16.6. The lowest BCUT2D eigenvalue weighted by molar-refractivity contribution is 0.417. The lowest BCUT2D eigenvalue weighted by Crippen LogP contribution is -2.05. The van der Waals surface area contributed by atoms with Crippen LogP contribution in [0, 0.1) is 0 Å². The number of hydrogen-bond acceptors (Lipinski definition) is 3. The molecule has 0 bridgehead atoms. The molecule has 0 rings (SSSR count). The average molecular weight is 360 g/mol. The van der Waals surface area contributed by atoms with E-state index in [2.05, 4.69) is 0 Å². The number of halogens is 3. The number of rotatable bonds is 12. The van der Waals surface area contributed by atoms with Crippen molar-refractivity contribution in [3.8, 4) is 0 Å². The van der Waals surface area contributed by atoms with E-state index in [9.17, 15) is 0 Å². The minimum Gasteiger partial charge on any atom is -0.363 e. The van der Waals surface area contributed by atoms with Crippen molar-refractivity contribution in [3.63, 3.8) is 0 Å². The van der Waals surface area contributed by atoms with Gasteiger partial charge in [-0.1, -0.05) is 0 Å². The van der Waals surface area contributed by atoms with Crippen molar-refractivity contribution in [1.29, 1.82) is 0 Å². The Hall–Kier alpha value is 1.83. The van der Waals surface area contributed by atoms with E-state index in [1.54, 1.807) is 0 Å². The molecule has 0 aromatic carbocycles. The molecule has 98 valence electrons. The molecule has 0 radical (unpaired) electrons. The third-order valence-electron chi connectivity index (χ3n) is 1.42. The van der Waals surface area contributed by atoms with E-state index in [0.29, 0.717) is 17.6 Å². The van der Waals surface area contributed by atoms with Crippen LogP contribution in [0.3, 0.4) is 0 Å². The van der Waals surface area contributed by atoms with Crippen molar-refractivity contribution in [3.05, 3.63) is 0 Å². The Morgan fingerprint density at radius 2 is 1.00 bits per heavy atom. The molecule has 3 nitrogen and oxygen atoms in total. The normalized spacial score (nSPS) is 15.2. The van der Waals surface area contributed by atoms with Gasteiger partial charge in [-0.3, -0.25) is 0 Å². The van der Waals surface area contributed by atoms with Gasteiger partial charge in [0.15, 0.2) is 29.3 Å². The second-order valence-electron chi connectivity index (χ2n) is 2.85. The summed E-state index contributed by atoms with van der Waals surface area (Å²) in [5.74, 6) is 1.98. The van der Waals surface area contributed by atoms with Gasteiger partial charge < -0.3 is 12.6 Å². The van der Waals surface area contributed by atoms with Crippen LogP contribution in [-0.4, -0.2) is 46.9 Å². The summed E-state index contributed by atoms with van der Waals surface area (Å²) in [5, 5.41) is 0. The summed E-state index contributed by atoms with van der Waals surface area (Å²) >= 11 is 16.8. The summed E-state index contributed by atoms with van der Waals surface area (Å²) in [7, 11) is -2.82. The Morgan fingerprint density at radius 3 is 1.25 bits per heavy atom. The van der Waals surface area contributed by atoms with E-state index < -0.39 is 37.9 Å². The van der Waals surface area contributed by atoms with Gasteiger partial charge >= 0.3 is 0 Å². The smallest absolute Gasteiger partial charge is 0.298 e. The lowest BCUT2D eigenvalue weighted by atomic mass is 11.0. The number of alkyl halides is 3. The molecule has 10 heteroatoms. The average Bonchev–Trinajstić information content (AvgIpc) is 2.29. The van der Waals surface area contributed by atoms with Gasteiger partial charge in [-0.25, -0.2) is 0 Å². The first-order valence-electron chi connectivity index (χ1n) is 5.22. The van der Waals surface area contributed by atoms with E-state index in [4.69, 9.17) is 47.4 Å². The van der Waals surface area contributed by atoms with Crippen LogP contribution in [0.15, 0.2) is 0 Å². The van der Waals surface area contributed by atoms with Crippen molar-refractivity contribution < 1.29 is 12.6 Å². The van der Waals surface area contributed by atoms with E-state index in [1.165, 1.54) is 0 Å². The summed E-state index contributed by atoms with van der Waals surface area (Å²) < 4.78 is 16.9. The molecule has 0 aliphatic rings. The van der Waals surface area contributed by atoms with Gasteiger partial charge in [0.2, 0.25) is 0 Å². The summed E-state index contributed by atoms with van der Waals surface area (Å²) in [6, 6.07) is 2.88. The summed E-state index contributed by atoms with van der Waals surface area (Å²) in [5.41, 5.74) is 0. The lowest BCUT2D eigenvalue weighted by Gasteiger charge is -2.17. The maximum atomic E-state index is 5.63. The molecular formula is C6H18Cl3O3PSi3. The molecule has 0 saturated heterocycles. The molecule has 0 atom stereocenters. The second-order valence-corrected chi connectivity index (χ2v) is 10.9. The molecule has 0 aliphatic heterocycles. The Balaban J connectivity index is 3.58. The molecule has 0 aromatic rings. The standard InChI is InChI=1S/C6H18Cl3O3PSi3/c7-1-4-14-10-13(11-15-5-2-8)12-16-6-3-9/h1-6,14-16H2. The molecule has 0 heterocycles. The van der Waals surface area contributed by atoms with Crippen molar-refractivity contribution in [2.75, 3.05) is 17.6 Å². The van der Waals surface area contributed by atoms with Crippen LogP contribution in [0.5, 0.6) is 0 Å². The second kappa shape index (κ2) is 14.9. The highest BCUT2D eigenvalue weighted by Gasteiger charge is 2.11. The fourth-order valence-corrected chi connectivity index (χ4v) is 8.25. The highest BCUT2D eigenvalue weighted by Crippen LogP contribution is 2.38. The van der Waals surface area contributed by atoms with Crippen LogP contribution in [0.25, 0.3) is 0 Å². The van der Waals surface area contributed by atoms with E-state index in [1.807, 2.05) is 0 Å². The molecule has 0 unspecified atom stereocenters. The third-order valence-corrected chi connectivity index (χ3v) is 10.2. The van der Waals surface area contributed by atoms with Crippen molar-refractivity contribution in [2.45, 2.75) is 18.1 Å². The zero-order valence-corrected chi connectivity index (χ0v) is 16.6. The molecule has 0 amide bonds. The maximum Gasteiger partial charge on any atom is 0.298 e. The zero-order chi connectivity index (χ0) is 12.1. The Labute approximate surface area is 121 Å². The van der Waals surface area contributed by atoms with E-state index >= 15 is 0 Å². The topological polar surface area (TPSA) is 27.7 Å². The maximum absolute atomic E-state index is 5.63. The predicted molar refractivity (Wildman–Crippen MR) is 82.4 cm³/mol. The van der Waals surface area contributed by atoms with Crippen LogP contribution in [-0.2, 0) is 12.6 Å². The first-order valence-corrected chi connectivity index (χ1v) is 12.6. The van der Waals surface area contributed by atoms with Crippen LogP contribution < -0.4 is 0 Å². The molecule has 0 fully saturated rings. The van der Waals surface area contributed by atoms with Gasteiger partial charge in [-0.2, -0.15) is 0 Å². The van der Waals surface area contributed by atoms with Crippen molar-refractivity contribution in [2.24, 2.45) is 0 Å². The largest absolute Gasteiger partial charge is 0.363 e. The molecule has 0 saturated carbocycles. The van der Waals surface area contributed by atoms with Gasteiger partial charge in [0, 0.05) is 17.6 Å². The Bertz CT molecular complexity index is 128. The van der Waals surface area contributed by atoms with E-state index in [0.717, 1.165) is 18.1 Å². The highest BCUT2D eigenvalue weighted by atomic mass is 35.5. The van der Waals surface area contributed by atoms with Gasteiger partial charge in [0.1, 0.15) is 0 Å². The molecule has 16 heavy (non-hydrogen) atoms. The van der Waals surface area contributed by atoms with Crippen LogP contribution in [0.4, 0.5) is 0 Å². The van der Waals surface area contributed by atoms with Crippen molar-refractivity contribution >= 4 is 72.7 Å². The minimum atomic E-state index is -1.09.